The number of aryl methyl sites for hydroxylation is 1. The van der Waals surface area contributed by atoms with Crippen LogP contribution in [0.2, 0.25) is 5.02 Å². The average Bonchev–Trinajstić information content (AvgIpc) is 2.58. The fourth-order valence-electron chi connectivity index (χ4n) is 2.08. The van der Waals surface area contributed by atoms with Crippen molar-refractivity contribution >= 4 is 40.5 Å². The van der Waals surface area contributed by atoms with Gasteiger partial charge in [-0.3, -0.25) is 10.1 Å². The molecule has 1 unspecified atom stereocenters. The van der Waals surface area contributed by atoms with Crippen molar-refractivity contribution in [1.29, 1.82) is 0 Å². The first-order valence-corrected chi connectivity index (χ1v) is 8.83. The van der Waals surface area contributed by atoms with Gasteiger partial charge in [0.05, 0.1) is 6.10 Å². The Morgan fingerprint density at radius 3 is 2.76 bits per heavy atom. The van der Waals surface area contributed by atoms with Crippen LogP contribution in [0.5, 0.6) is 5.75 Å². The Bertz CT molecular complexity index is 780. The van der Waals surface area contributed by atoms with Crippen molar-refractivity contribution in [2.24, 2.45) is 0 Å². The van der Waals surface area contributed by atoms with E-state index < -0.39 is 0 Å². The number of carbonyl (C=O) groups excluding carboxylic acids is 1. The summed E-state index contributed by atoms with van der Waals surface area (Å²) in [5, 5.41) is 6.47. The van der Waals surface area contributed by atoms with E-state index in [4.69, 9.17) is 28.6 Å². The van der Waals surface area contributed by atoms with E-state index >= 15 is 0 Å². The van der Waals surface area contributed by atoms with Gasteiger partial charge in [-0.1, -0.05) is 30.7 Å². The second-order valence-corrected chi connectivity index (χ2v) is 6.58. The predicted molar refractivity (Wildman–Crippen MR) is 107 cm³/mol. The molecule has 0 spiro atoms. The summed E-state index contributed by atoms with van der Waals surface area (Å²) in [7, 11) is 0. The van der Waals surface area contributed by atoms with Crippen molar-refractivity contribution in [3.63, 3.8) is 0 Å². The fourth-order valence-corrected chi connectivity index (χ4v) is 2.46. The van der Waals surface area contributed by atoms with Crippen LogP contribution in [0.4, 0.5) is 5.69 Å². The van der Waals surface area contributed by atoms with Crippen LogP contribution in [0.15, 0.2) is 42.5 Å². The molecule has 2 rings (SSSR count). The van der Waals surface area contributed by atoms with Gasteiger partial charge in [0.1, 0.15) is 5.75 Å². The Labute approximate surface area is 158 Å². The molecular formula is C19H21ClN2O2S. The van der Waals surface area contributed by atoms with Crippen LogP contribution >= 0.6 is 23.8 Å². The van der Waals surface area contributed by atoms with Crippen molar-refractivity contribution in [3.05, 3.63) is 58.6 Å². The van der Waals surface area contributed by atoms with Crippen LogP contribution in [-0.4, -0.2) is 17.1 Å². The number of ether oxygens (including phenoxy) is 1. The molecule has 6 heteroatoms. The number of anilines is 1. The number of nitrogens with one attached hydrogen (secondary N) is 2. The molecule has 0 radical (unpaired) electrons. The number of hydrogen-bond acceptors (Lipinski definition) is 3. The summed E-state index contributed by atoms with van der Waals surface area (Å²) in [5.41, 5.74) is 2.21. The lowest BCUT2D eigenvalue weighted by atomic mass is 10.2. The van der Waals surface area contributed by atoms with Crippen LogP contribution in [0.3, 0.4) is 0 Å². The molecule has 1 amide bonds. The van der Waals surface area contributed by atoms with Gasteiger partial charge in [0.2, 0.25) is 0 Å². The molecule has 4 nitrogen and oxygen atoms in total. The van der Waals surface area contributed by atoms with Gasteiger partial charge in [-0.15, -0.1) is 0 Å². The summed E-state index contributed by atoms with van der Waals surface area (Å²) in [5.74, 6) is 0.360. The van der Waals surface area contributed by atoms with Gasteiger partial charge < -0.3 is 10.1 Å². The topological polar surface area (TPSA) is 50.4 Å². The molecule has 0 aromatic heterocycles. The van der Waals surface area contributed by atoms with E-state index in [2.05, 4.69) is 10.6 Å². The maximum atomic E-state index is 12.4. The second-order valence-electron chi connectivity index (χ2n) is 5.73. The first kappa shape index (κ1) is 19.2. The molecule has 2 N–H and O–H groups in total. The molecule has 0 saturated carbocycles. The van der Waals surface area contributed by atoms with E-state index in [1.807, 2.05) is 32.9 Å². The molecule has 1 atom stereocenters. The Kier molecular flexibility index (Phi) is 6.79. The van der Waals surface area contributed by atoms with Crippen LogP contribution < -0.4 is 15.4 Å². The molecule has 0 fully saturated rings. The number of benzene rings is 2. The van der Waals surface area contributed by atoms with Gasteiger partial charge in [0.25, 0.3) is 5.91 Å². The van der Waals surface area contributed by atoms with Crippen molar-refractivity contribution in [2.75, 3.05) is 5.32 Å². The van der Waals surface area contributed by atoms with Crippen LogP contribution in [0.25, 0.3) is 0 Å². The molecule has 132 valence electrons. The molecule has 0 aliphatic carbocycles. The molecule has 0 saturated heterocycles. The number of thiocarbonyl (C=S) groups is 1. The lowest BCUT2D eigenvalue weighted by Gasteiger charge is -2.14. The minimum Gasteiger partial charge on any atom is -0.491 e. The highest BCUT2D eigenvalue weighted by Crippen LogP contribution is 2.20. The number of hydrogen-bond donors (Lipinski definition) is 2. The number of amides is 1. The zero-order valence-corrected chi connectivity index (χ0v) is 16.0. The quantitative estimate of drug-likeness (QED) is 0.724. The lowest BCUT2D eigenvalue weighted by Crippen LogP contribution is -2.34. The van der Waals surface area contributed by atoms with Crippen molar-refractivity contribution in [2.45, 2.75) is 33.3 Å². The first-order chi connectivity index (χ1) is 11.9. The zero-order valence-electron chi connectivity index (χ0n) is 14.4. The standard InChI is InChI=1S/C19H21ClN2O2S/c1-4-13(3)24-16-7-5-6-14(10-16)18(23)22-19(25)21-17-11-15(20)9-8-12(17)2/h5-11,13H,4H2,1-3H3,(H2,21,22,23,25). The third kappa shape index (κ3) is 5.73. The minimum absolute atomic E-state index is 0.0897. The molecule has 0 bridgehead atoms. The minimum atomic E-state index is -0.299. The van der Waals surface area contributed by atoms with Gasteiger partial charge in [0, 0.05) is 16.3 Å². The summed E-state index contributed by atoms with van der Waals surface area (Å²) in [6, 6.07) is 12.5. The van der Waals surface area contributed by atoms with Gasteiger partial charge in [-0.2, -0.15) is 0 Å². The van der Waals surface area contributed by atoms with Crippen LogP contribution in [-0.2, 0) is 0 Å². The predicted octanol–water partition coefficient (Wildman–Crippen LogP) is 4.95. The Morgan fingerprint density at radius 1 is 1.28 bits per heavy atom. The van der Waals surface area contributed by atoms with Crippen LogP contribution in [0.1, 0.15) is 36.2 Å². The van der Waals surface area contributed by atoms with Crippen molar-refractivity contribution < 1.29 is 9.53 Å². The van der Waals surface area contributed by atoms with E-state index in [0.717, 1.165) is 17.7 Å². The Morgan fingerprint density at radius 2 is 2.04 bits per heavy atom. The van der Waals surface area contributed by atoms with E-state index in [1.54, 1.807) is 30.3 Å². The highest BCUT2D eigenvalue weighted by atomic mass is 35.5. The summed E-state index contributed by atoms with van der Waals surface area (Å²) < 4.78 is 5.74. The van der Waals surface area contributed by atoms with Crippen molar-refractivity contribution in [3.8, 4) is 5.75 Å². The van der Waals surface area contributed by atoms with E-state index in [0.29, 0.717) is 16.3 Å². The third-order valence-corrected chi connectivity index (χ3v) is 4.12. The average molecular weight is 377 g/mol. The largest absolute Gasteiger partial charge is 0.491 e. The van der Waals surface area contributed by atoms with Gasteiger partial charge in [-0.05, 0) is 68.4 Å². The summed E-state index contributed by atoms with van der Waals surface area (Å²) in [4.78, 5) is 12.4. The number of halogens is 1. The fraction of sp³-hybridized carbons (Fsp3) is 0.263. The van der Waals surface area contributed by atoms with Crippen molar-refractivity contribution in [1.82, 2.24) is 5.32 Å². The number of carbonyl (C=O) groups is 1. The van der Waals surface area contributed by atoms with Gasteiger partial charge in [0.15, 0.2) is 5.11 Å². The molecule has 0 heterocycles. The SMILES string of the molecule is CCC(C)Oc1cccc(C(=O)NC(=S)Nc2cc(Cl)ccc2C)c1. The van der Waals surface area contributed by atoms with E-state index in [1.165, 1.54) is 0 Å². The monoisotopic (exact) mass is 376 g/mol. The zero-order chi connectivity index (χ0) is 18.4. The highest BCUT2D eigenvalue weighted by molar-refractivity contribution is 7.80. The first-order valence-electron chi connectivity index (χ1n) is 8.04. The van der Waals surface area contributed by atoms with Crippen LogP contribution in [0, 0.1) is 6.92 Å². The highest BCUT2D eigenvalue weighted by Gasteiger charge is 2.11. The maximum Gasteiger partial charge on any atom is 0.257 e. The number of rotatable bonds is 5. The second kappa shape index (κ2) is 8.83. The Balaban J connectivity index is 2.02. The molecule has 2 aromatic carbocycles. The van der Waals surface area contributed by atoms with E-state index in [9.17, 15) is 4.79 Å². The molecule has 0 aliphatic rings. The van der Waals surface area contributed by atoms with Gasteiger partial charge >= 0.3 is 0 Å². The smallest absolute Gasteiger partial charge is 0.257 e. The summed E-state index contributed by atoms with van der Waals surface area (Å²) in [6.45, 7) is 5.96. The van der Waals surface area contributed by atoms with Gasteiger partial charge in [-0.25, -0.2) is 0 Å². The molecule has 2 aromatic rings. The molecule has 25 heavy (non-hydrogen) atoms. The Hall–Kier alpha value is -2.11. The third-order valence-electron chi connectivity index (χ3n) is 3.68. The van der Waals surface area contributed by atoms with E-state index in [-0.39, 0.29) is 17.1 Å². The summed E-state index contributed by atoms with van der Waals surface area (Å²) in [6.07, 6.45) is 0.982. The molecule has 0 aliphatic heterocycles. The maximum absolute atomic E-state index is 12.4. The lowest BCUT2D eigenvalue weighted by molar-refractivity contribution is 0.0977. The summed E-state index contributed by atoms with van der Waals surface area (Å²) >= 11 is 11.2. The molecular weight excluding hydrogens is 356 g/mol. The normalized spacial score (nSPS) is 11.5.